The van der Waals surface area contributed by atoms with Gasteiger partial charge in [-0.15, -0.1) is 0 Å². The van der Waals surface area contributed by atoms with Crippen LogP contribution in [0.2, 0.25) is 0 Å². The maximum Gasteiger partial charge on any atom is 0.337 e. The van der Waals surface area contributed by atoms with Crippen LogP contribution in [0.5, 0.6) is 0 Å². The highest BCUT2D eigenvalue weighted by atomic mass is 16.5. The van der Waals surface area contributed by atoms with Crippen molar-refractivity contribution in [3.63, 3.8) is 0 Å². The molecule has 0 spiro atoms. The Morgan fingerprint density at radius 2 is 1.83 bits per heavy atom. The predicted octanol–water partition coefficient (Wildman–Crippen LogP) is 3.10. The number of amides is 2. The Kier molecular flexibility index (Phi) is 6.01. The van der Waals surface area contributed by atoms with Gasteiger partial charge in [0.25, 0.3) is 0 Å². The standard InChI is InChI=1S/C23H26N2O4/c1-15-6-5-7-20(16(15)2)25-14-19(12-21(25)26)22(27)24(3)13-17-8-10-18(11-9-17)23(28)29-4/h5-11,19H,12-14H2,1-4H3. The summed E-state index contributed by atoms with van der Waals surface area (Å²) in [6.07, 6.45) is 0.220. The molecule has 0 bridgehead atoms. The molecule has 3 rings (SSSR count). The number of benzene rings is 2. The van der Waals surface area contributed by atoms with Crippen molar-refractivity contribution in [1.82, 2.24) is 4.90 Å². The van der Waals surface area contributed by atoms with E-state index in [-0.39, 0.29) is 24.2 Å². The number of hydrogen-bond acceptors (Lipinski definition) is 4. The number of aryl methyl sites for hydroxylation is 1. The van der Waals surface area contributed by atoms with Gasteiger partial charge < -0.3 is 14.5 Å². The van der Waals surface area contributed by atoms with E-state index in [0.717, 1.165) is 22.4 Å². The lowest BCUT2D eigenvalue weighted by Crippen LogP contribution is -2.34. The predicted molar refractivity (Wildman–Crippen MR) is 111 cm³/mol. The van der Waals surface area contributed by atoms with Gasteiger partial charge in [-0.1, -0.05) is 24.3 Å². The number of anilines is 1. The van der Waals surface area contributed by atoms with E-state index in [2.05, 4.69) is 0 Å². The molecule has 6 heteroatoms. The van der Waals surface area contributed by atoms with E-state index in [1.54, 1.807) is 41.1 Å². The van der Waals surface area contributed by atoms with E-state index in [9.17, 15) is 14.4 Å². The van der Waals surface area contributed by atoms with Gasteiger partial charge >= 0.3 is 5.97 Å². The summed E-state index contributed by atoms with van der Waals surface area (Å²) in [7, 11) is 3.08. The number of carbonyl (C=O) groups is 3. The van der Waals surface area contributed by atoms with Gasteiger partial charge in [-0.3, -0.25) is 9.59 Å². The van der Waals surface area contributed by atoms with Crippen molar-refractivity contribution in [2.45, 2.75) is 26.8 Å². The summed E-state index contributed by atoms with van der Waals surface area (Å²) in [5.74, 6) is -0.824. The van der Waals surface area contributed by atoms with Gasteiger partial charge in [-0.2, -0.15) is 0 Å². The van der Waals surface area contributed by atoms with Gasteiger partial charge in [-0.05, 0) is 48.7 Å². The van der Waals surface area contributed by atoms with Gasteiger partial charge in [0, 0.05) is 32.2 Å². The summed E-state index contributed by atoms with van der Waals surface area (Å²) < 4.78 is 4.70. The molecule has 29 heavy (non-hydrogen) atoms. The zero-order valence-corrected chi connectivity index (χ0v) is 17.3. The molecule has 0 N–H and O–H groups in total. The summed E-state index contributed by atoms with van der Waals surface area (Å²) in [4.78, 5) is 40.4. The summed E-state index contributed by atoms with van der Waals surface area (Å²) in [6.45, 7) is 4.82. The second-order valence-corrected chi connectivity index (χ2v) is 7.51. The smallest absolute Gasteiger partial charge is 0.337 e. The van der Waals surface area contributed by atoms with E-state index in [1.165, 1.54) is 7.11 Å². The highest BCUT2D eigenvalue weighted by Crippen LogP contribution is 2.30. The number of rotatable bonds is 5. The van der Waals surface area contributed by atoms with Crippen LogP contribution >= 0.6 is 0 Å². The Labute approximate surface area is 171 Å². The molecule has 1 heterocycles. The maximum atomic E-state index is 12.9. The second-order valence-electron chi connectivity index (χ2n) is 7.51. The second kappa shape index (κ2) is 8.47. The lowest BCUT2D eigenvalue weighted by Gasteiger charge is -2.23. The Balaban J connectivity index is 1.66. The quantitative estimate of drug-likeness (QED) is 0.731. The molecule has 1 unspecified atom stereocenters. The fourth-order valence-corrected chi connectivity index (χ4v) is 3.66. The van der Waals surface area contributed by atoms with Crippen molar-refractivity contribution < 1.29 is 19.1 Å². The van der Waals surface area contributed by atoms with E-state index < -0.39 is 5.97 Å². The first-order valence-corrected chi connectivity index (χ1v) is 9.60. The number of nitrogens with zero attached hydrogens (tertiary/aromatic N) is 2. The van der Waals surface area contributed by atoms with Crippen LogP contribution in [-0.2, 0) is 20.9 Å². The van der Waals surface area contributed by atoms with Crippen LogP contribution in [0.4, 0.5) is 5.69 Å². The molecule has 0 aliphatic carbocycles. The zero-order chi connectivity index (χ0) is 21.1. The largest absolute Gasteiger partial charge is 0.465 e. The molecule has 6 nitrogen and oxygen atoms in total. The Hall–Kier alpha value is -3.15. The van der Waals surface area contributed by atoms with Crippen molar-refractivity contribution in [3.8, 4) is 0 Å². The molecule has 1 fully saturated rings. The van der Waals surface area contributed by atoms with Crippen LogP contribution in [-0.4, -0.2) is 43.4 Å². The zero-order valence-electron chi connectivity index (χ0n) is 17.3. The summed E-state index contributed by atoms with van der Waals surface area (Å²) >= 11 is 0. The molecule has 0 aromatic heterocycles. The van der Waals surface area contributed by atoms with E-state index in [1.807, 2.05) is 32.0 Å². The third-order valence-electron chi connectivity index (χ3n) is 5.51. The lowest BCUT2D eigenvalue weighted by molar-refractivity contribution is -0.135. The molecule has 0 radical (unpaired) electrons. The van der Waals surface area contributed by atoms with Crippen molar-refractivity contribution in [3.05, 3.63) is 64.7 Å². The minimum absolute atomic E-state index is 0.0205. The van der Waals surface area contributed by atoms with Crippen LogP contribution in [0.1, 0.15) is 33.5 Å². The van der Waals surface area contributed by atoms with E-state index in [0.29, 0.717) is 18.7 Å². The fraction of sp³-hybridized carbons (Fsp3) is 0.348. The van der Waals surface area contributed by atoms with Crippen LogP contribution in [0.25, 0.3) is 0 Å². The molecular weight excluding hydrogens is 368 g/mol. The van der Waals surface area contributed by atoms with Crippen LogP contribution in [0.15, 0.2) is 42.5 Å². The topological polar surface area (TPSA) is 66.9 Å². The van der Waals surface area contributed by atoms with Crippen molar-refractivity contribution in [2.75, 3.05) is 25.6 Å². The van der Waals surface area contributed by atoms with Gasteiger partial charge in [-0.25, -0.2) is 4.79 Å². The average molecular weight is 394 g/mol. The molecular formula is C23H26N2O4. The average Bonchev–Trinajstić information content (AvgIpc) is 3.10. The minimum Gasteiger partial charge on any atom is -0.465 e. The maximum absolute atomic E-state index is 12.9. The minimum atomic E-state index is -0.392. The van der Waals surface area contributed by atoms with Crippen molar-refractivity contribution >= 4 is 23.5 Å². The summed E-state index contributed by atoms with van der Waals surface area (Å²) in [6, 6.07) is 12.9. The third-order valence-corrected chi connectivity index (χ3v) is 5.51. The van der Waals surface area contributed by atoms with Gasteiger partial charge in [0.15, 0.2) is 0 Å². The molecule has 152 valence electrons. The van der Waals surface area contributed by atoms with E-state index >= 15 is 0 Å². The van der Waals surface area contributed by atoms with Crippen molar-refractivity contribution in [2.24, 2.45) is 5.92 Å². The van der Waals surface area contributed by atoms with Crippen LogP contribution in [0.3, 0.4) is 0 Å². The molecule has 2 aromatic carbocycles. The number of methoxy groups -OCH3 is 1. The molecule has 1 aliphatic heterocycles. The molecule has 1 saturated heterocycles. The first kappa shape index (κ1) is 20.6. The first-order chi connectivity index (χ1) is 13.8. The van der Waals surface area contributed by atoms with Gasteiger partial charge in [0.1, 0.15) is 0 Å². The Morgan fingerprint density at radius 1 is 1.14 bits per heavy atom. The van der Waals surface area contributed by atoms with Crippen LogP contribution < -0.4 is 4.90 Å². The Morgan fingerprint density at radius 3 is 2.48 bits per heavy atom. The van der Waals surface area contributed by atoms with Crippen molar-refractivity contribution in [1.29, 1.82) is 0 Å². The molecule has 0 saturated carbocycles. The lowest BCUT2D eigenvalue weighted by atomic mass is 10.1. The van der Waals surface area contributed by atoms with Gasteiger partial charge in [0.05, 0.1) is 18.6 Å². The number of ether oxygens (including phenoxy) is 1. The molecule has 1 aliphatic rings. The normalized spacial score (nSPS) is 16.1. The highest BCUT2D eigenvalue weighted by molar-refractivity contribution is 6.00. The molecule has 2 amide bonds. The fourth-order valence-electron chi connectivity index (χ4n) is 3.66. The van der Waals surface area contributed by atoms with Gasteiger partial charge in [0.2, 0.25) is 11.8 Å². The third kappa shape index (κ3) is 4.31. The summed E-state index contributed by atoms with van der Waals surface area (Å²) in [5.41, 5.74) is 4.44. The number of hydrogen-bond donors (Lipinski definition) is 0. The van der Waals surface area contributed by atoms with Crippen LogP contribution in [0, 0.1) is 19.8 Å². The number of carbonyl (C=O) groups excluding carboxylic acids is 3. The molecule has 1 atom stereocenters. The Bertz CT molecular complexity index is 936. The highest BCUT2D eigenvalue weighted by Gasteiger charge is 2.37. The summed E-state index contributed by atoms with van der Waals surface area (Å²) in [5, 5.41) is 0. The monoisotopic (exact) mass is 394 g/mol. The number of esters is 1. The SMILES string of the molecule is COC(=O)c1ccc(CN(C)C(=O)C2CC(=O)N(c3cccc(C)c3C)C2)cc1. The van der Waals surface area contributed by atoms with E-state index in [4.69, 9.17) is 4.74 Å². The molecule has 2 aromatic rings. The first-order valence-electron chi connectivity index (χ1n) is 9.60.